The van der Waals surface area contributed by atoms with Crippen molar-refractivity contribution in [3.63, 3.8) is 0 Å². The molecule has 0 spiro atoms. The number of hydrogen-bond donors (Lipinski definition) is 1. The molecule has 2 fully saturated rings. The molecule has 1 N–H and O–H groups in total. The monoisotopic (exact) mass is 391 g/mol. The van der Waals surface area contributed by atoms with Gasteiger partial charge in [-0.3, -0.25) is 14.5 Å². The highest BCUT2D eigenvalue weighted by Crippen LogP contribution is 2.29. The number of piperidine rings is 1. The minimum Gasteiger partial charge on any atom is -0.323 e. The Morgan fingerprint density at radius 1 is 0.966 bits per heavy atom. The van der Waals surface area contributed by atoms with Crippen LogP contribution in [-0.2, 0) is 16.0 Å². The van der Waals surface area contributed by atoms with E-state index in [9.17, 15) is 9.59 Å². The molecule has 2 aromatic rings. The maximum Gasteiger partial charge on any atom is 0.238 e. The number of likely N-dealkylation sites (tertiary alicyclic amines) is 1. The number of nitrogens with one attached hydrogen (secondary N) is 1. The third kappa shape index (κ3) is 5.04. The van der Waals surface area contributed by atoms with E-state index < -0.39 is 0 Å². The molecule has 2 aliphatic heterocycles. The number of hydrogen-bond acceptors (Lipinski definition) is 3. The van der Waals surface area contributed by atoms with Gasteiger partial charge in [0, 0.05) is 13.0 Å². The molecule has 2 amide bonds. The summed E-state index contributed by atoms with van der Waals surface area (Å²) in [7, 11) is 0. The molecule has 29 heavy (non-hydrogen) atoms. The summed E-state index contributed by atoms with van der Waals surface area (Å²) in [5.41, 5.74) is 2.94. The third-order valence-corrected chi connectivity index (χ3v) is 5.98. The Morgan fingerprint density at radius 3 is 2.41 bits per heavy atom. The molecule has 152 valence electrons. The summed E-state index contributed by atoms with van der Waals surface area (Å²) in [6, 6.07) is 18.2. The zero-order chi connectivity index (χ0) is 20.1. The van der Waals surface area contributed by atoms with Crippen molar-refractivity contribution in [1.29, 1.82) is 0 Å². The smallest absolute Gasteiger partial charge is 0.238 e. The molecule has 2 saturated heterocycles. The number of anilines is 2. The lowest BCUT2D eigenvalue weighted by atomic mass is 9.90. The van der Waals surface area contributed by atoms with Gasteiger partial charge in [0.1, 0.15) is 0 Å². The molecule has 0 saturated carbocycles. The summed E-state index contributed by atoms with van der Waals surface area (Å²) in [6.45, 7) is 3.04. The van der Waals surface area contributed by atoms with Crippen molar-refractivity contribution in [3.8, 4) is 0 Å². The van der Waals surface area contributed by atoms with Crippen molar-refractivity contribution in [3.05, 3.63) is 60.2 Å². The molecule has 0 atom stereocenters. The largest absolute Gasteiger partial charge is 0.323 e. The lowest BCUT2D eigenvalue weighted by molar-refractivity contribution is -0.118. The normalized spacial score (nSPS) is 18.2. The number of carbonyl (C=O) groups is 2. The van der Waals surface area contributed by atoms with Crippen LogP contribution in [0.4, 0.5) is 11.4 Å². The first-order valence-corrected chi connectivity index (χ1v) is 10.6. The summed E-state index contributed by atoms with van der Waals surface area (Å²) in [6.07, 6.45) is 4.83. The fourth-order valence-electron chi connectivity index (χ4n) is 4.41. The van der Waals surface area contributed by atoms with Crippen LogP contribution >= 0.6 is 0 Å². The van der Waals surface area contributed by atoms with E-state index in [0.29, 0.717) is 18.9 Å². The van der Waals surface area contributed by atoms with Crippen LogP contribution in [0, 0.1) is 5.92 Å². The van der Waals surface area contributed by atoms with E-state index in [1.165, 1.54) is 5.56 Å². The van der Waals surface area contributed by atoms with Gasteiger partial charge in [0.05, 0.1) is 17.9 Å². The molecular weight excluding hydrogens is 362 g/mol. The maximum atomic E-state index is 12.6. The second kappa shape index (κ2) is 9.23. The minimum atomic E-state index is -0.00870. The van der Waals surface area contributed by atoms with Crippen LogP contribution in [0.15, 0.2) is 54.6 Å². The van der Waals surface area contributed by atoms with Gasteiger partial charge in [0.25, 0.3) is 0 Å². The zero-order valence-electron chi connectivity index (χ0n) is 16.8. The molecule has 0 aliphatic carbocycles. The van der Waals surface area contributed by atoms with Crippen molar-refractivity contribution in [2.75, 3.05) is 36.4 Å². The first-order valence-electron chi connectivity index (χ1n) is 10.6. The van der Waals surface area contributed by atoms with E-state index in [-0.39, 0.29) is 11.8 Å². The van der Waals surface area contributed by atoms with E-state index >= 15 is 0 Å². The van der Waals surface area contributed by atoms with Gasteiger partial charge in [-0.2, -0.15) is 0 Å². The van der Waals surface area contributed by atoms with Crippen molar-refractivity contribution >= 4 is 23.2 Å². The Kier molecular flexibility index (Phi) is 6.25. The molecule has 4 rings (SSSR count). The van der Waals surface area contributed by atoms with Gasteiger partial charge in [0.15, 0.2) is 0 Å². The van der Waals surface area contributed by atoms with E-state index in [0.717, 1.165) is 56.7 Å². The van der Waals surface area contributed by atoms with Crippen LogP contribution in [0.2, 0.25) is 0 Å². The van der Waals surface area contributed by atoms with Crippen LogP contribution in [0.1, 0.15) is 31.2 Å². The Balaban J connectivity index is 1.28. The topological polar surface area (TPSA) is 52.7 Å². The predicted octanol–water partition coefficient (Wildman–Crippen LogP) is 3.71. The quantitative estimate of drug-likeness (QED) is 0.817. The summed E-state index contributed by atoms with van der Waals surface area (Å²) >= 11 is 0. The van der Waals surface area contributed by atoms with Crippen LogP contribution in [0.3, 0.4) is 0 Å². The Morgan fingerprint density at radius 2 is 1.69 bits per heavy atom. The lowest BCUT2D eigenvalue weighted by Crippen LogP contribution is -2.39. The molecule has 0 unspecified atom stereocenters. The van der Waals surface area contributed by atoms with Crippen LogP contribution in [-0.4, -0.2) is 42.9 Å². The van der Waals surface area contributed by atoms with Gasteiger partial charge >= 0.3 is 0 Å². The third-order valence-electron chi connectivity index (χ3n) is 5.98. The number of amides is 2. The summed E-state index contributed by atoms with van der Waals surface area (Å²) < 4.78 is 0. The zero-order valence-corrected chi connectivity index (χ0v) is 16.8. The second-order valence-corrected chi connectivity index (χ2v) is 8.12. The molecule has 2 aliphatic rings. The second-order valence-electron chi connectivity index (χ2n) is 8.12. The minimum absolute atomic E-state index is 0.00870. The number of benzene rings is 2. The van der Waals surface area contributed by atoms with Crippen molar-refractivity contribution in [2.24, 2.45) is 5.92 Å². The number of para-hydroxylation sites is 2. The Labute approximate surface area is 172 Å². The van der Waals surface area contributed by atoms with E-state index in [4.69, 9.17) is 0 Å². The predicted molar refractivity (Wildman–Crippen MR) is 116 cm³/mol. The SMILES string of the molecule is O=C(CN1CCC(Cc2ccccc2)CC1)Nc1ccccc1N1CCCC1=O. The highest BCUT2D eigenvalue weighted by Gasteiger charge is 2.25. The lowest BCUT2D eigenvalue weighted by Gasteiger charge is -2.31. The molecule has 5 nitrogen and oxygen atoms in total. The van der Waals surface area contributed by atoms with Gasteiger partial charge in [-0.25, -0.2) is 0 Å². The van der Waals surface area contributed by atoms with Crippen LogP contribution in [0.5, 0.6) is 0 Å². The molecule has 2 heterocycles. The van der Waals surface area contributed by atoms with E-state index in [1.807, 2.05) is 24.3 Å². The van der Waals surface area contributed by atoms with Gasteiger partial charge in [-0.1, -0.05) is 42.5 Å². The Hall–Kier alpha value is -2.66. The number of rotatable bonds is 6. The Bertz CT molecular complexity index is 844. The highest BCUT2D eigenvalue weighted by atomic mass is 16.2. The molecule has 5 heteroatoms. The summed E-state index contributed by atoms with van der Waals surface area (Å²) in [5, 5.41) is 3.03. The maximum absolute atomic E-state index is 12.6. The van der Waals surface area contributed by atoms with Gasteiger partial charge in [0.2, 0.25) is 11.8 Å². The van der Waals surface area contributed by atoms with Crippen LogP contribution < -0.4 is 10.2 Å². The first kappa shape index (κ1) is 19.6. The summed E-state index contributed by atoms with van der Waals surface area (Å²) in [4.78, 5) is 28.8. The number of nitrogens with zero attached hydrogens (tertiary/aromatic N) is 2. The fourth-order valence-corrected chi connectivity index (χ4v) is 4.41. The van der Waals surface area contributed by atoms with Crippen molar-refractivity contribution < 1.29 is 9.59 Å². The molecule has 0 radical (unpaired) electrons. The van der Waals surface area contributed by atoms with E-state index in [2.05, 4.69) is 40.5 Å². The van der Waals surface area contributed by atoms with Gasteiger partial charge in [-0.15, -0.1) is 0 Å². The highest BCUT2D eigenvalue weighted by molar-refractivity contribution is 6.02. The standard InChI is InChI=1S/C24H29N3O2/c28-23(25-21-9-4-5-10-22(21)27-14-6-11-24(27)29)18-26-15-12-20(13-16-26)17-19-7-2-1-3-8-19/h1-5,7-10,20H,6,11-18H2,(H,25,28). The average molecular weight is 392 g/mol. The van der Waals surface area contributed by atoms with Crippen molar-refractivity contribution in [1.82, 2.24) is 4.90 Å². The molecule has 2 aromatic carbocycles. The van der Waals surface area contributed by atoms with Crippen molar-refractivity contribution in [2.45, 2.75) is 32.1 Å². The van der Waals surface area contributed by atoms with Gasteiger partial charge in [-0.05, 0) is 62.4 Å². The van der Waals surface area contributed by atoms with Crippen LogP contribution in [0.25, 0.3) is 0 Å². The molecule has 0 bridgehead atoms. The molecule has 0 aromatic heterocycles. The molecular formula is C24H29N3O2. The average Bonchev–Trinajstić information content (AvgIpc) is 3.16. The first-order chi connectivity index (χ1) is 14.2. The fraction of sp³-hybridized carbons (Fsp3) is 0.417. The van der Waals surface area contributed by atoms with Gasteiger partial charge < -0.3 is 10.2 Å². The number of carbonyl (C=O) groups excluding carboxylic acids is 2. The summed E-state index contributed by atoms with van der Waals surface area (Å²) in [5.74, 6) is 0.816. The van der Waals surface area contributed by atoms with E-state index in [1.54, 1.807) is 4.90 Å².